The van der Waals surface area contributed by atoms with Gasteiger partial charge in [-0.05, 0) is 42.2 Å². The van der Waals surface area contributed by atoms with Gasteiger partial charge in [-0.2, -0.15) is 0 Å². The number of anilines is 2. The van der Waals surface area contributed by atoms with E-state index >= 15 is 0 Å². The molecule has 2 aliphatic heterocycles. The Bertz CT molecular complexity index is 1120. The SMILES string of the molecule is O=C1[C@@H]2CCc3ccccc3N2[C@@H](Cc2ccc([N+](=O)[O-])cc2)N1Nc1ccccc1. The fourth-order valence-electron chi connectivity index (χ4n) is 4.55. The minimum absolute atomic E-state index is 0.0465. The second-order valence-corrected chi connectivity index (χ2v) is 7.88. The van der Waals surface area contributed by atoms with Crippen LogP contribution in [0, 0.1) is 10.1 Å². The first kappa shape index (κ1) is 19.1. The monoisotopic (exact) mass is 414 g/mol. The highest BCUT2D eigenvalue weighted by atomic mass is 16.6. The van der Waals surface area contributed by atoms with Crippen molar-refractivity contribution in [2.24, 2.45) is 0 Å². The molecule has 1 saturated heterocycles. The largest absolute Gasteiger partial charge is 0.337 e. The number of aryl methyl sites for hydroxylation is 1. The van der Waals surface area contributed by atoms with Crippen LogP contribution in [-0.4, -0.2) is 28.0 Å². The summed E-state index contributed by atoms with van der Waals surface area (Å²) in [5.74, 6) is 0.0465. The van der Waals surface area contributed by atoms with Crippen molar-refractivity contribution in [3.05, 3.63) is 100 Å². The van der Waals surface area contributed by atoms with Gasteiger partial charge in [0.15, 0.2) is 0 Å². The minimum atomic E-state index is -0.400. The molecule has 0 saturated carbocycles. The fourth-order valence-corrected chi connectivity index (χ4v) is 4.55. The van der Waals surface area contributed by atoms with E-state index in [1.165, 1.54) is 17.7 Å². The topological polar surface area (TPSA) is 78.7 Å². The van der Waals surface area contributed by atoms with Gasteiger partial charge in [0, 0.05) is 24.2 Å². The molecule has 156 valence electrons. The Morgan fingerprint density at radius 1 is 0.968 bits per heavy atom. The number of fused-ring (bicyclic) bond motifs is 3. The molecule has 1 fully saturated rings. The van der Waals surface area contributed by atoms with Gasteiger partial charge in [0.1, 0.15) is 12.2 Å². The summed E-state index contributed by atoms with van der Waals surface area (Å²) in [5.41, 5.74) is 7.47. The second-order valence-electron chi connectivity index (χ2n) is 7.88. The summed E-state index contributed by atoms with van der Waals surface area (Å²) in [4.78, 5) is 26.3. The van der Waals surface area contributed by atoms with Gasteiger partial charge >= 0.3 is 0 Å². The van der Waals surface area contributed by atoms with E-state index in [-0.39, 0.29) is 23.8 Å². The predicted molar refractivity (Wildman–Crippen MR) is 119 cm³/mol. The van der Waals surface area contributed by atoms with E-state index in [4.69, 9.17) is 0 Å². The molecule has 2 heterocycles. The van der Waals surface area contributed by atoms with Gasteiger partial charge in [0.05, 0.1) is 10.6 Å². The molecule has 0 aliphatic carbocycles. The van der Waals surface area contributed by atoms with Crippen LogP contribution in [0.2, 0.25) is 0 Å². The molecule has 2 aliphatic rings. The van der Waals surface area contributed by atoms with Crippen molar-refractivity contribution < 1.29 is 9.72 Å². The van der Waals surface area contributed by atoms with Gasteiger partial charge in [-0.25, -0.2) is 5.01 Å². The van der Waals surface area contributed by atoms with Crippen molar-refractivity contribution in [2.75, 3.05) is 10.3 Å². The number of nitro groups is 1. The molecule has 0 unspecified atom stereocenters. The highest BCUT2D eigenvalue weighted by molar-refractivity contribution is 5.91. The molecule has 0 aromatic heterocycles. The van der Waals surface area contributed by atoms with Crippen molar-refractivity contribution in [3.63, 3.8) is 0 Å². The number of para-hydroxylation sites is 2. The average molecular weight is 414 g/mol. The zero-order valence-electron chi connectivity index (χ0n) is 16.8. The molecule has 0 bridgehead atoms. The average Bonchev–Trinajstić information content (AvgIpc) is 3.06. The lowest BCUT2D eigenvalue weighted by molar-refractivity contribution is -0.384. The minimum Gasteiger partial charge on any atom is -0.337 e. The molecule has 3 aromatic rings. The Hall–Kier alpha value is -3.87. The number of nitro benzene ring substituents is 1. The van der Waals surface area contributed by atoms with Crippen LogP contribution in [0.3, 0.4) is 0 Å². The maximum absolute atomic E-state index is 13.4. The summed E-state index contributed by atoms with van der Waals surface area (Å²) < 4.78 is 0. The van der Waals surface area contributed by atoms with E-state index in [0.29, 0.717) is 6.42 Å². The molecular formula is C24H22N4O3. The molecule has 31 heavy (non-hydrogen) atoms. The van der Waals surface area contributed by atoms with E-state index in [1.807, 2.05) is 42.5 Å². The van der Waals surface area contributed by atoms with Gasteiger partial charge in [-0.15, -0.1) is 0 Å². The van der Waals surface area contributed by atoms with Crippen LogP contribution in [0.5, 0.6) is 0 Å². The molecule has 0 radical (unpaired) electrons. The first-order chi connectivity index (χ1) is 15.1. The lowest BCUT2D eigenvalue weighted by Gasteiger charge is -2.37. The quantitative estimate of drug-likeness (QED) is 0.501. The summed E-state index contributed by atoms with van der Waals surface area (Å²) in [7, 11) is 0. The number of carbonyl (C=O) groups excluding carboxylic acids is 1. The third kappa shape index (κ3) is 3.48. The molecule has 7 nitrogen and oxygen atoms in total. The number of carbonyl (C=O) groups is 1. The molecule has 3 aromatic carbocycles. The van der Waals surface area contributed by atoms with E-state index in [2.05, 4.69) is 22.5 Å². The Kier molecular flexibility index (Phi) is 4.78. The number of non-ortho nitro benzene ring substituents is 1. The summed E-state index contributed by atoms with van der Waals surface area (Å²) >= 11 is 0. The summed E-state index contributed by atoms with van der Waals surface area (Å²) in [6, 6.07) is 24.2. The van der Waals surface area contributed by atoms with Crippen molar-refractivity contribution in [1.29, 1.82) is 0 Å². The third-order valence-corrected chi connectivity index (χ3v) is 6.02. The van der Waals surface area contributed by atoms with Gasteiger partial charge in [-0.1, -0.05) is 48.5 Å². The van der Waals surface area contributed by atoms with Crippen LogP contribution in [0.1, 0.15) is 17.5 Å². The number of rotatable bonds is 5. The van der Waals surface area contributed by atoms with Crippen LogP contribution >= 0.6 is 0 Å². The molecule has 1 amide bonds. The molecule has 5 rings (SSSR count). The van der Waals surface area contributed by atoms with Crippen molar-refractivity contribution in [2.45, 2.75) is 31.5 Å². The Morgan fingerprint density at radius 3 is 2.42 bits per heavy atom. The first-order valence-corrected chi connectivity index (χ1v) is 10.4. The van der Waals surface area contributed by atoms with Crippen LogP contribution < -0.4 is 10.3 Å². The highest BCUT2D eigenvalue weighted by Gasteiger charge is 2.48. The number of hydrogen-bond donors (Lipinski definition) is 1. The van der Waals surface area contributed by atoms with Crippen LogP contribution in [0.25, 0.3) is 0 Å². The summed E-state index contributed by atoms with van der Waals surface area (Å²) in [6.07, 6.45) is 1.93. The van der Waals surface area contributed by atoms with Crippen LogP contribution in [-0.2, 0) is 17.6 Å². The number of amides is 1. The van der Waals surface area contributed by atoms with E-state index in [9.17, 15) is 14.9 Å². The molecule has 0 spiro atoms. The smallest absolute Gasteiger partial charge is 0.269 e. The number of hydrazine groups is 1. The molecule has 7 heteroatoms. The van der Waals surface area contributed by atoms with E-state index in [1.54, 1.807) is 17.1 Å². The number of nitrogens with zero attached hydrogens (tertiary/aromatic N) is 3. The van der Waals surface area contributed by atoms with Crippen LogP contribution in [0.4, 0.5) is 17.1 Å². The Labute approximate surface area is 180 Å². The van der Waals surface area contributed by atoms with Gasteiger partial charge in [0.2, 0.25) is 0 Å². The van der Waals surface area contributed by atoms with Crippen molar-refractivity contribution >= 4 is 23.0 Å². The zero-order valence-corrected chi connectivity index (χ0v) is 16.8. The van der Waals surface area contributed by atoms with E-state index in [0.717, 1.165) is 29.8 Å². The standard InChI is InChI=1S/C24H22N4O3/c29-24-22-15-12-18-6-4-5-9-21(18)26(22)23(27(24)25-19-7-2-1-3-8-19)16-17-10-13-20(14-11-17)28(30)31/h1-11,13-14,22-23,25H,12,15-16H2/t22-,23+/m0/s1. The summed E-state index contributed by atoms with van der Waals surface area (Å²) in [5, 5.41) is 12.7. The second kappa shape index (κ2) is 7.75. The number of hydrogen-bond acceptors (Lipinski definition) is 5. The maximum Gasteiger partial charge on any atom is 0.269 e. The maximum atomic E-state index is 13.4. The molecule has 1 N–H and O–H groups in total. The number of benzene rings is 3. The van der Waals surface area contributed by atoms with Crippen molar-refractivity contribution in [1.82, 2.24) is 5.01 Å². The lowest BCUT2D eigenvalue weighted by Crippen LogP contribution is -2.46. The van der Waals surface area contributed by atoms with Gasteiger partial charge in [0.25, 0.3) is 11.6 Å². The van der Waals surface area contributed by atoms with Crippen molar-refractivity contribution in [3.8, 4) is 0 Å². The van der Waals surface area contributed by atoms with Crippen LogP contribution in [0.15, 0.2) is 78.9 Å². The number of nitrogens with one attached hydrogen (secondary N) is 1. The predicted octanol–water partition coefficient (Wildman–Crippen LogP) is 4.15. The van der Waals surface area contributed by atoms with Gasteiger partial charge in [-0.3, -0.25) is 20.3 Å². The normalized spacial score (nSPS) is 19.7. The summed E-state index contributed by atoms with van der Waals surface area (Å²) in [6.45, 7) is 0. The Morgan fingerprint density at radius 2 is 1.68 bits per heavy atom. The highest BCUT2D eigenvalue weighted by Crippen LogP contribution is 2.39. The fraction of sp³-hybridized carbons (Fsp3) is 0.208. The zero-order chi connectivity index (χ0) is 21.4. The first-order valence-electron chi connectivity index (χ1n) is 10.4. The van der Waals surface area contributed by atoms with E-state index < -0.39 is 4.92 Å². The van der Waals surface area contributed by atoms with Gasteiger partial charge < -0.3 is 4.90 Å². The lowest BCUT2D eigenvalue weighted by atomic mass is 9.96. The third-order valence-electron chi connectivity index (χ3n) is 6.02. The molecular weight excluding hydrogens is 392 g/mol. The Balaban J connectivity index is 1.52. The molecule has 2 atom stereocenters.